The number of hydrogen-bond donors (Lipinski definition) is 0. The molecule has 40 heavy (non-hydrogen) atoms. The van der Waals surface area contributed by atoms with Crippen molar-refractivity contribution in [2.45, 2.75) is 46.5 Å². The number of benzene rings is 2. The van der Waals surface area contributed by atoms with E-state index in [-0.39, 0.29) is 11.3 Å². The molecule has 2 aliphatic rings. The number of ether oxygens (including phenoxy) is 1. The van der Waals surface area contributed by atoms with Gasteiger partial charge in [-0.1, -0.05) is 51.1 Å². The zero-order valence-corrected chi connectivity index (χ0v) is 25.1. The second-order valence-electron chi connectivity index (χ2n) is 11.6. The van der Waals surface area contributed by atoms with Crippen LogP contribution in [-0.2, 0) is 14.9 Å². The largest absolute Gasteiger partial charge is 0.379 e. The van der Waals surface area contributed by atoms with Crippen molar-refractivity contribution in [1.82, 2.24) is 14.4 Å². The third-order valence-electron chi connectivity index (χ3n) is 7.58. The van der Waals surface area contributed by atoms with Crippen molar-refractivity contribution < 1.29 is 9.53 Å². The molecule has 3 aromatic rings. The SMILES string of the molecule is Cc1cc(/C=C2\SC(=Nc3ccccc3)N(CCCN3CCOCC3)C2=O)c(C)n1-c1ccc(C(C)(C)C)cc1. The van der Waals surface area contributed by atoms with Gasteiger partial charge in [-0.25, -0.2) is 4.99 Å². The molecule has 2 saturated heterocycles. The molecule has 2 aliphatic heterocycles. The maximum Gasteiger partial charge on any atom is 0.266 e. The highest BCUT2D eigenvalue weighted by atomic mass is 32.2. The highest BCUT2D eigenvalue weighted by Crippen LogP contribution is 2.36. The monoisotopic (exact) mass is 556 g/mol. The Labute approximate surface area is 242 Å². The number of aromatic nitrogens is 1. The quantitative estimate of drug-likeness (QED) is 0.303. The molecule has 7 heteroatoms. The Morgan fingerprint density at radius 1 is 0.975 bits per heavy atom. The molecule has 6 nitrogen and oxygen atoms in total. The van der Waals surface area contributed by atoms with E-state index >= 15 is 0 Å². The van der Waals surface area contributed by atoms with Gasteiger partial charge in [-0.3, -0.25) is 14.6 Å². The summed E-state index contributed by atoms with van der Waals surface area (Å²) in [5.41, 5.74) is 6.74. The lowest BCUT2D eigenvalue weighted by Gasteiger charge is -2.27. The van der Waals surface area contributed by atoms with Gasteiger partial charge in [0.25, 0.3) is 5.91 Å². The lowest BCUT2D eigenvalue weighted by molar-refractivity contribution is -0.122. The molecule has 0 N–H and O–H groups in total. The number of amides is 1. The van der Waals surface area contributed by atoms with Gasteiger partial charge in [0.05, 0.1) is 23.8 Å². The number of amidine groups is 1. The molecular formula is C33H40N4O2S. The van der Waals surface area contributed by atoms with E-state index in [0.717, 1.165) is 72.8 Å². The van der Waals surface area contributed by atoms with E-state index in [4.69, 9.17) is 9.73 Å². The van der Waals surface area contributed by atoms with Crippen molar-refractivity contribution in [3.8, 4) is 5.69 Å². The summed E-state index contributed by atoms with van der Waals surface area (Å²) in [6.45, 7) is 16.0. The van der Waals surface area contributed by atoms with Crippen LogP contribution in [0.3, 0.4) is 0 Å². The summed E-state index contributed by atoms with van der Waals surface area (Å²) in [5.74, 6) is 0.0287. The summed E-state index contributed by atoms with van der Waals surface area (Å²) in [6.07, 6.45) is 2.93. The summed E-state index contributed by atoms with van der Waals surface area (Å²) >= 11 is 1.47. The number of nitrogens with zero attached hydrogens (tertiary/aromatic N) is 4. The summed E-state index contributed by atoms with van der Waals surface area (Å²) in [5, 5.41) is 0.746. The Kier molecular flexibility index (Phi) is 8.64. The summed E-state index contributed by atoms with van der Waals surface area (Å²) in [4.78, 5) is 23.6. The van der Waals surface area contributed by atoms with Crippen molar-refractivity contribution in [3.05, 3.63) is 88.1 Å². The second kappa shape index (κ2) is 12.2. The topological polar surface area (TPSA) is 50.1 Å². The zero-order chi connectivity index (χ0) is 28.3. The number of para-hydroxylation sites is 1. The first-order valence-electron chi connectivity index (χ1n) is 14.2. The standard InChI is InChI=1S/C33H40N4O2S/c1-24-22-26(25(2)37(24)29-14-12-27(13-15-29)33(3,4)5)23-30-31(38)36(17-9-16-35-18-20-39-21-19-35)32(40-30)34-28-10-7-6-8-11-28/h6-8,10-15,22-23H,9,16-21H2,1-5H3/b30-23-,34-32?. The van der Waals surface area contributed by atoms with Crippen LogP contribution >= 0.6 is 11.8 Å². The molecule has 3 heterocycles. The van der Waals surface area contributed by atoms with Gasteiger partial charge in [0.1, 0.15) is 0 Å². The number of hydrogen-bond acceptors (Lipinski definition) is 5. The van der Waals surface area contributed by atoms with Gasteiger partial charge in [-0.05, 0) is 85.0 Å². The first kappa shape index (κ1) is 28.4. The minimum absolute atomic E-state index is 0.0287. The second-order valence-corrected chi connectivity index (χ2v) is 12.6. The normalized spacial score (nSPS) is 18.8. The average molecular weight is 557 g/mol. The van der Waals surface area contributed by atoms with Crippen LogP contribution in [0.2, 0.25) is 0 Å². The van der Waals surface area contributed by atoms with Crippen LogP contribution in [0.4, 0.5) is 5.69 Å². The fourth-order valence-corrected chi connectivity index (χ4v) is 6.28. The number of aliphatic imine (C=N–C) groups is 1. The Balaban J connectivity index is 1.40. The molecule has 210 valence electrons. The number of carbonyl (C=O) groups excluding carboxylic acids is 1. The molecule has 0 unspecified atom stereocenters. The zero-order valence-electron chi connectivity index (χ0n) is 24.3. The van der Waals surface area contributed by atoms with Gasteiger partial charge in [0.2, 0.25) is 0 Å². The summed E-state index contributed by atoms with van der Waals surface area (Å²) in [7, 11) is 0. The molecule has 0 atom stereocenters. The Hall–Kier alpha value is -3.13. The minimum atomic E-state index is 0.0287. The molecule has 0 aliphatic carbocycles. The highest BCUT2D eigenvalue weighted by molar-refractivity contribution is 8.18. The van der Waals surface area contributed by atoms with Crippen molar-refractivity contribution in [3.63, 3.8) is 0 Å². The van der Waals surface area contributed by atoms with E-state index in [1.807, 2.05) is 41.3 Å². The number of morpholine rings is 1. The van der Waals surface area contributed by atoms with Gasteiger partial charge >= 0.3 is 0 Å². The summed E-state index contributed by atoms with van der Waals surface area (Å²) < 4.78 is 7.75. The van der Waals surface area contributed by atoms with Gasteiger partial charge < -0.3 is 9.30 Å². The van der Waals surface area contributed by atoms with E-state index in [2.05, 4.69) is 74.4 Å². The van der Waals surface area contributed by atoms with Crippen LogP contribution in [0.1, 0.15) is 49.7 Å². The Morgan fingerprint density at radius 2 is 1.68 bits per heavy atom. The fourth-order valence-electron chi connectivity index (χ4n) is 5.26. The van der Waals surface area contributed by atoms with Gasteiger partial charge in [0.15, 0.2) is 5.17 Å². The maximum absolute atomic E-state index is 13.7. The van der Waals surface area contributed by atoms with Crippen LogP contribution in [-0.4, -0.2) is 64.8 Å². The van der Waals surface area contributed by atoms with Gasteiger partial charge in [0, 0.05) is 43.3 Å². The van der Waals surface area contributed by atoms with Crippen molar-refractivity contribution in [1.29, 1.82) is 0 Å². The number of thioether (sulfide) groups is 1. The predicted octanol–water partition coefficient (Wildman–Crippen LogP) is 6.72. The van der Waals surface area contributed by atoms with E-state index in [1.54, 1.807) is 0 Å². The minimum Gasteiger partial charge on any atom is -0.379 e. The van der Waals surface area contributed by atoms with Crippen LogP contribution in [0.15, 0.2) is 70.6 Å². The van der Waals surface area contributed by atoms with E-state index in [1.165, 1.54) is 17.3 Å². The van der Waals surface area contributed by atoms with E-state index < -0.39 is 0 Å². The van der Waals surface area contributed by atoms with Crippen molar-refractivity contribution in [2.75, 3.05) is 39.4 Å². The van der Waals surface area contributed by atoms with Crippen molar-refractivity contribution in [2.24, 2.45) is 4.99 Å². The Bertz CT molecular complexity index is 1390. The maximum atomic E-state index is 13.7. The van der Waals surface area contributed by atoms with Gasteiger partial charge in [-0.2, -0.15) is 0 Å². The molecular weight excluding hydrogens is 516 g/mol. The lowest BCUT2D eigenvalue weighted by atomic mass is 9.87. The molecule has 2 aromatic carbocycles. The molecule has 1 aromatic heterocycles. The number of aryl methyl sites for hydroxylation is 1. The van der Waals surface area contributed by atoms with E-state index in [9.17, 15) is 4.79 Å². The molecule has 1 amide bonds. The molecule has 0 bridgehead atoms. The average Bonchev–Trinajstić information content (AvgIpc) is 3.38. The molecule has 5 rings (SSSR count). The molecule has 0 spiro atoms. The Morgan fingerprint density at radius 3 is 2.35 bits per heavy atom. The van der Waals surface area contributed by atoms with E-state index in [0.29, 0.717) is 11.4 Å². The number of rotatable bonds is 7. The number of carbonyl (C=O) groups is 1. The lowest BCUT2D eigenvalue weighted by Crippen LogP contribution is -2.38. The van der Waals surface area contributed by atoms with Crippen LogP contribution in [0.25, 0.3) is 11.8 Å². The summed E-state index contributed by atoms with van der Waals surface area (Å²) in [6, 6.07) is 20.9. The fraction of sp³-hybridized carbons (Fsp3) is 0.394. The predicted molar refractivity (Wildman–Crippen MR) is 167 cm³/mol. The van der Waals surface area contributed by atoms with Crippen LogP contribution in [0.5, 0.6) is 0 Å². The first-order chi connectivity index (χ1) is 19.2. The molecule has 2 fully saturated rings. The molecule has 0 radical (unpaired) electrons. The molecule has 0 saturated carbocycles. The first-order valence-corrected chi connectivity index (χ1v) is 15.0. The third-order valence-corrected chi connectivity index (χ3v) is 8.58. The third kappa shape index (κ3) is 6.43. The van der Waals surface area contributed by atoms with Crippen molar-refractivity contribution >= 4 is 34.6 Å². The van der Waals surface area contributed by atoms with Gasteiger partial charge in [-0.15, -0.1) is 0 Å². The van der Waals surface area contributed by atoms with Crippen LogP contribution in [0, 0.1) is 13.8 Å². The van der Waals surface area contributed by atoms with Crippen LogP contribution < -0.4 is 0 Å². The highest BCUT2D eigenvalue weighted by Gasteiger charge is 2.33. The smallest absolute Gasteiger partial charge is 0.266 e.